The number of aryl methyl sites for hydroxylation is 1. The molecule has 1 saturated heterocycles. The third-order valence-electron chi connectivity index (χ3n) is 3.02. The molecule has 2 heterocycles. The molecule has 0 spiro atoms. The molecule has 1 aliphatic rings. The Hall–Kier alpha value is -1.85. The lowest BCUT2D eigenvalue weighted by molar-refractivity contribution is -0.119. The van der Waals surface area contributed by atoms with Gasteiger partial charge in [-0.15, -0.1) is 0 Å². The molecule has 6 nitrogen and oxygen atoms in total. The van der Waals surface area contributed by atoms with Crippen molar-refractivity contribution in [3.8, 4) is 0 Å². The molecule has 1 fully saturated rings. The van der Waals surface area contributed by atoms with Crippen LogP contribution in [-0.2, 0) is 11.2 Å². The number of aromatic nitrogens is 2. The highest BCUT2D eigenvalue weighted by molar-refractivity contribution is 5.79. The molecule has 0 aliphatic carbocycles. The number of anilines is 2. The van der Waals surface area contributed by atoms with Crippen molar-refractivity contribution in [2.75, 3.05) is 17.6 Å². The van der Waals surface area contributed by atoms with Crippen molar-refractivity contribution in [2.24, 2.45) is 0 Å². The minimum absolute atomic E-state index is 0.0703. The van der Waals surface area contributed by atoms with Gasteiger partial charge in [-0.2, -0.15) is 0 Å². The maximum Gasteiger partial charge on any atom is 0.222 e. The van der Waals surface area contributed by atoms with Gasteiger partial charge in [0.1, 0.15) is 17.5 Å². The van der Waals surface area contributed by atoms with Gasteiger partial charge in [0.2, 0.25) is 5.91 Å². The molecule has 0 bridgehead atoms. The number of carbonyl (C=O) groups is 1. The third-order valence-corrected chi connectivity index (χ3v) is 3.02. The largest absolute Gasteiger partial charge is 0.383 e. The fraction of sp³-hybridized carbons (Fsp3) is 0.583. The third kappa shape index (κ3) is 2.69. The summed E-state index contributed by atoms with van der Waals surface area (Å²) in [6.45, 7) is 4.59. The van der Waals surface area contributed by atoms with Crippen molar-refractivity contribution in [3.63, 3.8) is 0 Å². The molecule has 1 amide bonds. The van der Waals surface area contributed by atoms with E-state index in [1.54, 1.807) is 0 Å². The van der Waals surface area contributed by atoms with Crippen LogP contribution in [0.15, 0.2) is 0 Å². The maximum atomic E-state index is 11.2. The Morgan fingerprint density at radius 1 is 1.50 bits per heavy atom. The minimum Gasteiger partial charge on any atom is -0.383 e. The summed E-state index contributed by atoms with van der Waals surface area (Å²) < 4.78 is 0. The zero-order valence-electron chi connectivity index (χ0n) is 10.8. The van der Waals surface area contributed by atoms with E-state index in [2.05, 4.69) is 27.5 Å². The second kappa shape index (κ2) is 5.20. The van der Waals surface area contributed by atoms with Crippen molar-refractivity contribution in [1.29, 1.82) is 0 Å². The molecule has 0 aromatic carbocycles. The first-order chi connectivity index (χ1) is 8.60. The van der Waals surface area contributed by atoms with Gasteiger partial charge < -0.3 is 16.4 Å². The van der Waals surface area contributed by atoms with Crippen LogP contribution >= 0.6 is 0 Å². The summed E-state index contributed by atoms with van der Waals surface area (Å²) >= 11 is 0. The average Bonchev–Trinajstić information content (AvgIpc) is 2.71. The van der Waals surface area contributed by atoms with Crippen LogP contribution in [0.25, 0.3) is 0 Å². The van der Waals surface area contributed by atoms with E-state index >= 15 is 0 Å². The average molecular weight is 249 g/mol. The molecule has 2 rings (SSSR count). The lowest BCUT2D eigenvalue weighted by Crippen LogP contribution is -2.24. The first kappa shape index (κ1) is 12.6. The molecule has 1 aliphatic heterocycles. The Bertz CT molecular complexity index is 460. The molecule has 0 radical (unpaired) electrons. The normalized spacial score (nSPS) is 18.8. The molecule has 1 aromatic rings. The fourth-order valence-corrected chi connectivity index (χ4v) is 1.96. The highest BCUT2D eigenvalue weighted by atomic mass is 16.1. The lowest BCUT2D eigenvalue weighted by Gasteiger charge is -2.15. The van der Waals surface area contributed by atoms with Gasteiger partial charge in [0.15, 0.2) is 0 Å². The molecule has 4 N–H and O–H groups in total. The molecule has 6 heteroatoms. The van der Waals surface area contributed by atoms with E-state index < -0.39 is 0 Å². The number of rotatable bonds is 4. The highest BCUT2D eigenvalue weighted by Crippen LogP contribution is 2.20. The van der Waals surface area contributed by atoms with Crippen molar-refractivity contribution < 1.29 is 4.79 Å². The number of nitrogens with zero attached hydrogens (tertiary/aromatic N) is 2. The van der Waals surface area contributed by atoms with Crippen molar-refractivity contribution in [3.05, 3.63) is 11.4 Å². The predicted octanol–water partition coefficient (Wildman–Crippen LogP) is 0.620. The number of hydrogen-bond donors (Lipinski definition) is 3. The Balaban J connectivity index is 2.17. The minimum atomic E-state index is 0.0703. The van der Waals surface area contributed by atoms with Gasteiger partial charge in [0, 0.05) is 24.9 Å². The first-order valence-corrected chi connectivity index (χ1v) is 6.26. The van der Waals surface area contributed by atoms with Gasteiger partial charge in [0.05, 0.1) is 6.04 Å². The Morgan fingerprint density at radius 3 is 2.89 bits per heavy atom. The van der Waals surface area contributed by atoms with Crippen LogP contribution in [0.5, 0.6) is 0 Å². The second-order valence-corrected chi connectivity index (χ2v) is 4.60. The zero-order chi connectivity index (χ0) is 13.1. The standard InChI is InChI=1S/C12H19N5O/c1-3-4-9-16-11(13)7(2)12(17-9)15-8-5-10(18)14-6-8/h8H,3-6H2,1-2H3,(H,14,18)(H3,13,15,16,17). The van der Waals surface area contributed by atoms with Crippen molar-refractivity contribution in [2.45, 2.75) is 39.2 Å². The van der Waals surface area contributed by atoms with E-state index in [0.717, 1.165) is 30.0 Å². The van der Waals surface area contributed by atoms with E-state index in [9.17, 15) is 4.79 Å². The van der Waals surface area contributed by atoms with E-state index in [1.165, 1.54) is 0 Å². The first-order valence-electron chi connectivity index (χ1n) is 6.26. The zero-order valence-corrected chi connectivity index (χ0v) is 10.8. The summed E-state index contributed by atoms with van der Waals surface area (Å²) in [6, 6.07) is 0.0833. The van der Waals surface area contributed by atoms with Gasteiger partial charge in [-0.3, -0.25) is 4.79 Å². The van der Waals surface area contributed by atoms with Crippen LogP contribution in [0.2, 0.25) is 0 Å². The van der Waals surface area contributed by atoms with Gasteiger partial charge in [-0.25, -0.2) is 9.97 Å². The highest BCUT2D eigenvalue weighted by Gasteiger charge is 2.22. The second-order valence-electron chi connectivity index (χ2n) is 4.60. The number of nitrogens with two attached hydrogens (primary N) is 1. The summed E-state index contributed by atoms with van der Waals surface area (Å²) in [7, 11) is 0. The summed E-state index contributed by atoms with van der Waals surface area (Å²) in [6.07, 6.45) is 2.26. The fourth-order valence-electron chi connectivity index (χ4n) is 1.96. The summed E-state index contributed by atoms with van der Waals surface area (Å²) in [4.78, 5) is 19.9. The van der Waals surface area contributed by atoms with Crippen LogP contribution in [-0.4, -0.2) is 28.5 Å². The molecular formula is C12H19N5O. The molecule has 1 unspecified atom stereocenters. The van der Waals surface area contributed by atoms with Crippen LogP contribution < -0.4 is 16.4 Å². The lowest BCUT2D eigenvalue weighted by atomic mass is 10.2. The maximum absolute atomic E-state index is 11.2. The molecule has 1 atom stereocenters. The Kier molecular flexibility index (Phi) is 3.64. The smallest absolute Gasteiger partial charge is 0.222 e. The Labute approximate surface area is 106 Å². The number of hydrogen-bond acceptors (Lipinski definition) is 5. The molecule has 98 valence electrons. The van der Waals surface area contributed by atoms with Crippen molar-refractivity contribution in [1.82, 2.24) is 15.3 Å². The number of carbonyl (C=O) groups excluding carboxylic acids is 1. The quantitative estimate of drug-likeness (QED) is 0.727. The van der Waals surface area contributed by atoms with Gasteiger partial charge in [-0.05, 0) is 13.3 Å². The SMILES string of the molecule is CCCc1nc(N)c(C)c(NC2CNC(=O)C2)n1. The van der Waals surface area contributed by atoms with Crippen LogP contribution in [0.3, 0.4) is 0 Å². The Morgan fingerprint density at radius 2 is 2.28 bits per heavy atom. The molecule has 0 saturated carbocycles. The summed E-state index contributed by atoms with van der Waals surface area (Å²) in [5, 5.41) is 6.05. The van der Waals surface area contributed by atoms with Crippen molar-refractivity contribution >= 4 is 17.5 Å². The molecule has 18 heavy (non-hydrogen) atoms. The summed E-state index contributed by atoms with van der Waals surface area (Å²) in [5.74, 6) is 2.07. The number of nitrogen functional groups attached to an aromatic ring is 1. The number of amides is 1. The van der Waals surface area contributed by atoms with Crippen LogP contribution in [0.4, 0.5) is 11.6 Å². The predicted molar refractivity (Wildman–Crippen MR) is 70.2 cm³/mol. The van der Waals surface area contributed by atoms with Crippen LogP contribution in [0, 0.1) is 6.92 Å². The van der Waals surface area contributed by atoms with Gasteiger partial charge in [0.25, 0.3) is 0 Å². The van der Waals surface area contributed by atoms with Crippen LogP contribution in [0.1, 0.15) is 31.2 Å². The van der Waals surface area contributed by atoms with E-state index in [-0.39, 0.29) is 11.9 Å². The topological polar surface area (TPSA) is 92.9 Å². The van der Waals surface area contributed by atoms with Gasteiger partial charge in [-0.1, -0.05) is 6.92 Å². The van der Waals surface area contributed by atoms with Gasteiger partial charge >= 0.3 is 0 Å². The molecular weight excluding hydrogens is 230 g/mol. The number of nitrogens with one attached hydrogen (secondary N) is 2. The van der Waals surface area contributed by atoms with E-state index in [4.69, 9.17) is 5.73 Å². The van der Waals surface area contributed by atoms with E-state index in [1.807, 2.05) is 6.92 Å². The molecule has 1 aromatic heterocycles. The summed E-state index contributed by atoms with van der Waals surface area (Å²) in [5.41, 5.74) is 6.72. The monoisotopic (exact) mass is 249 g/mol. The van der Waals surface area contributed by atoms with E-state index in [0.29, 0.717) is 18.8 Å².